The van der Waals surface area contributed by atoms with Gasteiger partial charge in [-0.15, -0.1) is 0 Å². The number of hydrogen-bond donors (Lipinski definition) is 2. The molecule has 0 bridgehead atoms. The van der Waals surface area contributed by atoms with Crippen LogP contribution in [-0.4, -0.2) is 24.7 Å². The van der Waals surface area contributed by atoms with E-state index < -0.39 is 0 Å². The summed E-state index contributed by atoms with van der Waals surface area (Å²) in [6.07, 6.45) is 8.25. The van der Waals surface area contributed by atoms with Crippen LogP contribution in [0.4, 0.5) is 11.6 Å². The van der Waals surface area contributed by atoms with Crippen LogP contribution in [0, 0.1) is 0 Å². The lowest BCUT2D eigenvalue weighted by Crippen LogP contribution is -2.10. The summed E-state index contributed by atoms with van der Waals surface area (Å²) in [5.41, 5.74) is 3.20. The molecule has 4 aromatic rings. The van der Waals surface area contributed by atoms with Crippen LogP contribution in [0.15, 0.2) is 59.7 Å². The molecule has 7 nitrogen and oxygen atoms in total. The zero-order chi connectivity index (χ0) is 20.9. The molecule has 30 heavy (non-hydrogen) atoms. The van der Waals surface area contributed by atoms with Crippen LogP contribution < -0.4 is 10.9 Å². The van der Waals surface area contributed by atoms with Crippen LogP contribution in [0.5, 0.6) is 0 Å². The Kier molecular flexibility index (Phi) is 5.88. The molecule has 0 spiro atoms. The number of nitrogens with zero attached hydrogens (tertiary/aromatic N) is 4. The second kappa shape index (κ2) is 8.90. The number of pyridine rings is 1. The number of fused-ring (bicyclic) bond motifs is 1. The van der Waals surface area contributed by atoms with Crippen LogP contribution in [-0.2, 0) is 0 Å². The molecular formula is C23H26N6O. The van der Waals surface area contributed by atoms with Gasteiger partial charge >= 0.3 is 0 Å². The minimum atomic E-state index is -0.166. The molecule has 0 amide bonds. The zero-order valence-corrected chi connectivity index (χ0v) is 17.3. The van der Waals surface area contributed by atoms with Gasteiger partial charge in [-0.05, 0) is 48.7 Å². The third-order valence-corrected chi connectivity index (χ3v) is 5.22. The molecule has 3 aromatic heterocycles. The van der Waals surface area contributed by atoms with Gasteiger partial charge in [0.1, 0.15) is 5.65 Å². The fraction of sp³-hybridized carbons (Fsp3) is 0.304. The van der Waals surface area contributed by atoms with Crippen molar-refractivity contribution < 1.29 is 0 Å². The van der Waals surface area contributed by atoms with Crippen molar-refractivity contribution >= 4 is 22.7 Å². The third kappa shape index (κ3) is 4.40. The van der Waals surface area contributed by atoms with E-state index in [1.54, 1.807) is 10.9 Å². The molecule has 1 unspecified atom stereocenters. The molecule has 0 aliphatic rings. The number of rotatable bonds is 8. The van der Waals surface area contributed by atoms with Crippen molar-refractivity contribution in [3.8, 4) is 5.69 Å². The smallest absolute Gasteiger partial charge is 0.249 e. The Balaban J connectivity index is 1.64. The summed E-state index contributed by atoms with van der Waals surface area (Å²) in [5, 5.41) is 8.42. The van der Waals surface area contributed by atoms with Crippen molar-refractivity contribution in [2.75, 3.05) is 5.32 Å². The standard InChI is InChI=1S/C23H26N6O/c1-3-4-5-7-16(2)21-19-12-13-20(30)26-22(19)28-23(27-21)25-17-8-10-18(11-9-17)29-15-6-14-24-29/h6,8-16H,3-5,7H2,1-2H3,(H2,25,26,27,28,30). The second-order valence-electron chi connectivity index (χ2n) is 7.54. The molecule has 0 fully saturated rings. The average Bonchev–Trinajstić information content (AvgIpc) is 3.28. The van der Waals surface area contributed by atoms with E-state index in [0.717, 1.165) is 35.3 Å². The Morgan fingerprint density at radius 2 is 1.93 bits per heavy atom. The maximum absolute atomic E-state index is 11.9. The molecule has 1 atom stereocenters. The highest BCUT2D eigenvalue weighted by atomic mass is 16.1. The van der Waals surface area contributed by atoms with Gasteiger partial charge in [0.05, 0.1) is 11.4 Å². The minimum Gasteiger partial charge on any atom is -0.324 e. The number of anilines is 2. The van der Waals surface area contributed by atoms with Gasteiger partial charge in [-0.3, -0.25) is 4.79 Å². The molecule has 7 heteroatoms. The van der Waals surface area contributed by atoms with Gasteiger partial charge in [0.15, 0.2) is 0 Å². The molecule has 0 saturated heterocycles. The van der Waals surface area contributed by atoms with Crippen molar-refractivity contribution in [2.24, 2.45) is 0 Å². The summed E-state index contributed by atoms with van der Waals surface area (Å²) < 4.78 is 1.80. The lowest BCUT2D eigenvalue weighted by molar-refractivity contribution is 0.591. The molecule has 2 N–H and O–H groups in total. The molecule has 154 valence electrons. The van der Waals surface area contributed by atoms with Crippen molar-refractivity contribution in [3.63, 3.8) is 0 Å². The zero-order valence-electron chi connectivity index (χ0n) is 17.3. The van der Waals surface area contributed by atoms with E-state index in [4.69, 9.17) is 4.98 Å². The first-order valence-electron chi connectivity index (χ1n) is 10.4. The van der Waals surface area contributed by atoms with E-state index in [1.807, 2.05) is 42.6 Å². The van der Waals surface area contributed by atoms with Crippen LogP contribution >= 0.6 is 0 Å². The molecule has 3 heterocycles. The Morgan fingerprint density at radius 1 is 1.10 bits per heavy atom. The first kappa shape index (κ1) is 19.8. The highest BCUT2D eigenvalue weighted by molar-refractivity contribution is 5.79. The van der Waals surface area contributed by atoms with Gasteiger partial charge in [0, 0.05) is 29.5 Å². The third-order valence-electron chi connectivity index (χ3n) is 5.22. The lowest BCUT2D eigenvalue weighted by atomic mass is 9.97. The Hall–Kier alpha value is -3.48. The summed E-state index contributed by atoms with van der Waals surface area (Å²) >= 11 is 0. The fourth-order valence-corrected chi connectivity index (χ4v) is 3.58. The van der Waals surface area contributed by atoms with Crippen molar-refractivity contribution in [1.29, 1.82) is 0 Å². The molecule has 0 aliphatic carbocycles. The number of benzene rings is 1. The van der Waals surface area contributed by atoms with E-state index >= 15 is 0 Å². The average molecular weight is 403 g/mol. The minimum absolute atomic E-state index is 0.166. The van der Waals surface area contributed by atoms with E-state index in [1.165, 1.54) is 18.9 Å². The maximum atomic E-state index is 11.9. The van der Waals surface area contributed by atoms with Crippen molar-refractivity contribution in [1.82, 2.24) is 24.7 Å². The van der Waals surface area contributed by atoms with Gasteiger partial charge in [-0.25, -0.2) is 9.67 Å². The number of aromatic nitrogens is 5. The SMILES string of the molecule is CCCCCC(C)c1nc(Nc2ccc(-n3cccn3)cc2)nc2[nH]c(=O)ccc12. The van der Waals surface area contributed by atoms with Crippen molar-refractivity contribution in [2.45, 2.75) is 45.4 Å². The first-order chi connectivity index (χ1) is 14.6. The predicted molar refractivity (Wildman–Crippen MR) is 120 cm³/mol. The second-order valence-corrected chi connectivity index (χ2v) is 7.54. The van der Waals surface area contributed by atoms with E-state index in [9.17, 15) is 4.79 Å². The maximum Gasteiger partial charge on any atom is 0.249 e. The van der Waals surface area contributed by atoms with Crippen molar-refractivity contribution in [3.05, 3.63) is 70.9 Å². The van der Waals surface area contributed by atoms with E-state index in [-0.39, 0.29) is 11.5 Å². The highest BCUT2D eigenvalue weighted by Gasteiger charge is 2.15. The molecule has 0 saturated carbocycles. The summed E-state index contributed by atoms with van der Waals surface area (Å²) in [4.78, 5) is 24.1. The topological polar surface area (TPSA) is 88.5 Å². The van der Waals surface area contributed by atoms with Crippen LogP contribution in [0.3, 0.4) is 0 Å². The van der Waals surface area contributed by atoms with Gasteiger partial charge in [-0.2, -0.15) is 10.1 Å². The van der Waals surface area contributed by atoms with Gasteiger partial charge in [0.2, 0.25) is 11.5 Å². The number of H-pyrrole nitrogens is 1. The molecule has 4 rings (SSSR count). The Labute approximate surface area is 175 Å². The number of hydrogen-bond acceptors (Lipinski definition) is 5. The number of aromatic amines is 1. The van der Waals surface area contributed by atoms with Crippen LogP contribution in [0.25, 0.3) is 16.7 Å². The monoisotopic (exact) mass is 402 g/mol. The largest absolute Gasteiger partial charge is 0.324 e. The van der Waals surface area contributed by atoms with Crippen LogP contribution in [0.2, 0.25) is 0 Å². The predicted octanol–water partition coefficient (Wildman–Crippen LogP) is 4.93. The molecule has 0 radical (unpaired) electrons. The fourth-order valence-electron chi connectivity index (χ4n) is 3.58. The summed E-state index contributed by atoms with van der Waals surface area (Å²) in [6, 6.07) is 13.1. The molecular weight excluding hydrogens is 376 g/mol. The number of nitrogens with one attached hydrogen (secondary N) is 2. The highest BCUT2D eigenvalue weighted by Crippen LogP contribution is 2.27. The quantitative estimate of drug-likeness (QED) is 0.408. The van der Waals surface area contributed by atoms with Crippen LogP contribution in [0.1, 0.15) is 51.1 Å². The molecule has 1 aromatic carbocycles. The summed E-state index contributed by atoms with van der Waals surface area (Å²) in [6.45, 7) is 4.39. The van der Waals surface area contributed by atoms with Gasteiger partial charge < -0.3 is 10.3 Å². The normalized spacial score (nSPS) is 12.2. The van der Waals surface area contributed by atoms with Gasteiger partial charge in [-0.1, -0.05) is 33.1 Å². The first-order valence-corrected chi connectivity index (χ1v) is 10.4. The van der Waals surface area contributed by atoms with E-state index in [2.05, 4.69) is 34.2 Å². The Bertz CT molecular complexity index is 1160. The number of unbranched alkanes of at least 4 members (excludes halogenated alkanes) is 2. The summed E-state index contributed by atoms with van der Waals surface area (Å²) in [7, 11) is 0. The van der Waals surface area contributed by atoms with Gasteiger partial charge in [0.25, 0.3) is 0 Å². The summed E-state index contributed by atoms with van der Waals surface area (Å²) in [5.74, 6) is 0.754. The Morgan fingerprint density at radius 3 is 2.67 bits per heavy atom. The lowest BCUT2D eigenvalue weighted by Gasteiger charge is -2.15. The van der Waals surface area contributed by atoms with E-state index in [0.29, 0.717) is 11.6 Å². The molecule has 0 aliphatic heterocycles.